The highest BCUT2D eigenvalue weighted by atomic mass is 32.1. The second kappa shape index (κ2) is 8.80. The van der Waals surface area contributed by atoms with Gasteiger partial charge in [0.05, 0.1) is 43.4 Å². The van der Waals surface area contributed by atoms with Crippen molar-refractivity contribution in [1.29, 1.82) is 0 Å². The van der Waals surface area contributed by atoms with E-state index in [-0.39, 0.29) is 11.3 Å². The van der Waals surface area contributed by atoms with Crippen molar-refractivity contribution in [3.63, 3.8) is 0 Å². The average molecular weight is 493 g/mol. The number of anilines is 1. The molecule has 1 amide bonds. The minimum Gasteiger partial charge on any atom is -0.503 e. The first kappa shape index (κ1) is 22.5. The van der Waals surface area contributed by atoms with Crippen molar-refractivity contribution in [2.75, 3.05) is 26.2 Å². The van der Waals surface area contributed by atoms with Crippen LogP contribution in [-0.2, 0) is 4.79 Å². The Morgan fingerprint density at radius 2 is 1.91 bits per heavy atom. The molecule has 0 bridgehead atoms. The van der Waals surface area contributed by atoms with Crippen LogP contribution in [0.25, 0.3) is 10.2 Å². The zero-order valence-electron chi connectivity index (χ0n) is 19.0. The monoisotopic (exact) mass is 492 g/mol. The van der Waals surface area contributed by atoms with E-state index < -0.39 is 23.5 Å². The van der Waals surface area contributed by atoms with Gasteiger partial charge < -0.3 is 23.7 Å². The Hall–Kier alpha value is -4.31. The zero-order chi connectivity index (χ0) is 24.7. The maximum Gasteiger partial charge on any atom is 0.296 e. The van der Waals surface area contributed by atoms with E-state index in [9.17, 15) is 14.7 Å². The number of carbonyl (C=O) groups excluding carboxylic acids is 2. The van der Waals surface area contributed by atoms with Crippen molar-refractivity contribution >= 4 is 38.4 Å². The molecule has 9 nitrogen and oxygen atoms in total. The first-order valence-corrected chi connectivity index (χ1v) is 11.3. The molecule has 10 heteroatoms. The standard InChI is InChI=1S/C25H20N2O7S/c1-31-13-9-10-15-18(12-13)35-25(26-15)27-20(14-6-4-7-17(32-2)23(14)33-3)19(22(29)24(27)30)21(28)16-8-5-11-34-16/h4-12,20,29H,1-3H3. The number of aliphatic hydroxyl groups excluding tert-OH is 1. The van der Waals surface area contributed by atoms with Gasteiger partial charge >= 0.3 is 0 Å². The van der Waals surface area contributed by atoms with Crippen LogP contribution >= 0.6 is 11.3 Å². The highest BCUT2D eigenvalue weighted by Crippen LogP contribution is 2.48. The van der Waals surface area contributed by atoms with Gasteiger partial charge in [-0.3, -0.25) is 14.5 Å². The third-order valence-electron chi connectivity index (χ3n) is 5.72. The molecule has 0 spiro atoms. The maximum absolute atomic E-state index is 13.4. The first-order valence-electron chi connectivity index (χ1n) is 10.5. The van der Waals surface area contributed by atoms with Gasteiger partial charge in [0.15, 0.2) is 28.1 Å². The number of rotatable bonds is 7. The molecule has 4 aromatic rings. The summed E-state index contributed by atoms with van der Waals surface area (Å²) in [5.74, 6) is -0.717. The molecule has 1 aliphatic rings. The van der Waals surface area contributed by atoms with Crippen LogP contribution in [-0.4, -0.2) is 43.1 Å². The van der Waals surface area contributed by atoms with E-state index in [0.29, 0.717) is 33.5 Å². The van der Waals surface area contributed by atoms with Gasteiger partial charge in [-0.1, -0.05) is 23.5 Å². The third kappa shape index (κ3) is 3.58. The van der Waals surface area contributed by atoms with Crippen molar-refractivity contribution in [1.82, 2.24) is 4.98 Å². The predicted molar refractivity (Wildman–Crippen MR) is 129 cm³/mol. The van der Waals surface area contributed by atoms with Gasteiger partial charge in [0.25, 0.3) is 5.91 Å². The van der Waals surface area contributed by atoms with Crippen LogP contribution in [0.5, 0.6) is 17.2 Å². The highest BCUT2D eigenvalue weighted by molar-refractivity contribution is 7.22. The van der Waals surface area contributed by atoms with Crippen LogP contribution in [0.3, 0.4) is 0 Å². The molecule has 3 heterocycles. The summed E-state index contributed by atoms with van der Waals surface area (Å²) in [6.07, 6.45) is 1.35. The van der Waals surface area contributed by atoms with Gasteiger partial charge in [0, 0.05) is 5.56 Å². The van der Waals surface area contributed by atoms with E-state index in [1.807, 2.05) is 0 Å². The smallest absolute Gasteiger partial charge is 0.296 e. The number of hydrogen-bond donors (Lipinski definition) is 1. The van der Waals surface area contributed by atoms with Crippen LogP contribution in [0, 0.1) is 0 Å². The summed E-state index contributed by atoms with van der Waals surface area (Å²) < 4.78 is 22.4. The average Bonchev–Trinajstić information content (AvgIpc) is 3.61. The number of nitrogens with zero attached hydrogens (tertiary/aromatic N) is 2. The Labute approximate surface area is 203 Å². The van der Waals surface area contributed by atoms with Crippen LogP contribution in [0.1, 0.15) is 22.2 Å². The van der Waals surface area contributed by atoms with Crippen molar-refractivity contribution in [2.24, 2.45) is 0 Å². The molecule has 0 aliphatic carbocycles. The van der Waals surface area contributed by atoms with E-state index in [4.69, 9.17) is 18.6 Å². The molecular weight excluding hydrogens is 472 g/mol. The van der Waals surface area contributed by atoms with E-state index in [1.54, 1.807) is 49.6 Å². The summed E-state index contributed by atoms with van der Waals surface area (Å²) in [6.45, 7) is 0. The molecule has 2 aromatic carbocycles. The normalized spacial score (nSPS) is 15.7. The van der Waals surface area contributed by atoms with E-state index in [0.717, 1.165) is 4.70 Å². The molecule has 0 radical (unpaired) electrons. The molecule has 1 aliphatic heterocycles. The number of para-hydroxylation sites is 1. The molecule has 0 saturated heterocycles. The second-order valence-electron chi connectivity index (χ2n) is 7.56. The number of carbonyl (C=O) groups is 2. The van der Waals surface area contributed by atoms with Gasteiger partial charge in [0.1, 0.15) is 11.8 Å². The van der Waals surface area contributed by atoms with Gasteiger partial charge in [-0.05, 0) is 36.4 Å². The van der Waals surface area contributed by atoms with Gasteiger partial charge in [-0.25, -0.2) is 4.98 Å². The van der Waals surface area contributed by atoms with E-state index >= 15 is 0 Å². The Morgan fingerprint density at radius 3 is 2.60 bits per heavy atom. The Balaban J connectivity index is 1.73. The Morgan fingerprint density at radius 1 is 1.09 bits per heavy atom. The van der Waals surface area contributed by atoms with Crippen molar-refractivity contribution < 1.29 is 33.3 Å². The quantitative estimate of drug-likeness (QED) is 0.370. The minimum absolute atomic E-state index is 0.0119. The Bertz CT molecular complexity index is 1470. The van der Waals surface area contributed by atoms with Crippen LogP contribution in [0.15, 0.2) is 70.5 Å². The zero-order valence-corrected chi connectivity index (χ0v) is 19.8. The number of aliphatic hydroxyl groups is 1. The number of methoxy groups -OCH3 is 3. The minimum atomic E-state index is -1.05. The lowest BCUT2D eigenvalue weighted by Gasteiger charge is -2.26. The second-order valence-corrected chi connectivity index (χ2v) is 8.57. The summed E-state index contributed by atoms with van der Waals surface area (Å²) in [4.78, 5) is 32.8. The number of hydrogen-bond acceptors (Lipinski definition) is 9. The number of Topliss-reactive ketones (excluding diaryl/α,β-unsaturated/α-hetero) is 1. The lowest BCUT2D eigenvalue weighted by atomic mass is 9.94. The van der Waals surface area contributed by atoms with Crippen molar-refractivity contribution in [3.05, 3.63) is 77.5 Å². The number of benzene rings is 2. The molecule has 5 rings (SSSR count). The molecule has 2 aromatic heterocycles. The fourth-order valence-electron chi connectivity index (χ4n) is 4.12. The van der Waals surface area contributed by atoms with E-state index in [2.05, 4.69) is 4.98 Å². The topological polar surface area (TPSA) is 111 Å². The summed E-state index contributed by atoms with van der Waals surface area (Å²) >= 11 is 1.23. The number of ketones is 1. The van der Waals surface area contributed by atoms with Crippen LogP contribution in [0.4, 0.5) is 5.13 Å². The highest BCUT2D eigenvalue weighted by Gasteiger charge is 2.47. The molecule has 1 N–H and O–H groups in total. The Kier molecular flexibility index (Phi) is 5.65. The largest absolute Gasteiger partial charge is 0.503 e. The lowest BCUT2D eigenvalue weighted by molar-refractivity contribution is -0.117. The van der Waals surface area contributed by atoms with Crippen LogP contribution < -0.4 is 19.1 Å². The maximum atomic E-state index is 13.4. The first-order chi connectivity index (χ1) is 17.0. The number of furan rings is 1. The summed E-state index contributed by atoms with van der Waals surface area (Å²) in [5, 5.41) is 11.2. The fraction of sp³-hybridized carbons (Fsp3) is 0.160. The number of thiazole rings is 1. The number of ether oxygens (including phenoxy) is 3. The molecule has 35 heavy (non-hydrogen) atoms. The SMILES string of the molecule is COc1ccc2nc(N3C(=O)C(O)=C(C(=O)c4ccco4)C3c3cccc(OC)c3OC)sc2c1. The van der Waals surface area contributed by atoms with Gasteiger partial charge in [-0.15, -0.1) is 0 Å². The molecule has 178 valence electrons. The number of amides is 1. The van der Waals surface area contributed by atoms with Gasteiger partial charge in [0.2, 0.25) is 5.78 Å². The van der Waals surface area contributed by atoms with Gasteiger partial charge in [-0.2, -0.15) is 0 Å². The summed E-state index contributed by atoms with van der Waals surface area (Å²) in [7, 11) is 4.51. The molecule has 1 unspecified atom stereocenters. The molecule has 0 fully saturated rings. The fourth-order valence-corrected chi connectivity index (χ4v) is 5.14. The summed E-state index contributed by atoms with van der Waals surface area (Å²) in [6, 6.07) is 12.4. The third-order valence-corrected chi connectivity index (χ3v) is 6.73. The molecule has 1 atom stereocenters. The lowest BCUT2D eigenvalue weighted by Crippen LogP contribution is -2.31. The summed E-state index contributed by atoms with van der Waals surface area (Å²) in [5.41, 5.74) is 0.935. The van der Waals surface area contributed by atoms with Crippen molar-refractivity contribution in [2.45, 2.75) is 6.04 Å². The van der Waals surface area contributed by atoms with E-state index in [1.165, 1.54) is 42.8 Å². The molecule has 0 saturated carbocycles. The number of aromatic nitrogens is 1. The molecular formula is C25H20N2O7S. The number of fused-ring (bicyclic) bond motifs is 1. The predicted octanol–water partition coefficient (Wildman–Crippen LogP) is 4.70. The van der Waals surface area contributed by atoms with Crippen LogP contribution in [0.2, 0.25) is 0 Å². The van der Waals surface area contributed by atoms with Crippen molar-refractivity contribution in [3.8, 4) is 17.2 Å².